The minimum Gasteiger partial charge on any atom is -0.496 e. The smallest absolute Gasteiger partial charge is 0.337 e. The Morgan fingerprint density at radius 1 is 1.00 bits per heavy atom. The molecule has 1 aliphatic heterocycles. The van der Waals surface area contributed by atoms with Crippen molar-refractivity contribution in [1.29, 1.82) is 0 Å². The Labute approximate surface area is 205 Å². The van der Waals surface area contributed by atoms with E-state index in [-0.39, 0.29) is 24.2 Å². The molecule has 2 aromatic rings. The van der Waals surface area contributed by atoms with Crippen LogP contribution in [0.3, 0.4) is 0 Å². The monoisotopic (exact) mass is 475 g/mol. The predicted octanol–water partition coefficient (Wildman–Crippen LogP) is 5.68. The fraction of sp³-hybridized carbons (Fsp3) is 0.379. The summed E-state index contributed by atoms with van der Waals surface area (Å²) in [4.78, 5) is 27.1. The number of ketones is 1. The molecule has 1 saturated carbocycles. The molecule has 35 heavy (non-hydrogen) atoms. The highest BCUT2D eigenvalue weighted by Gasteiger charge is 2.43. The summed E-state index contributed by atoms with van der Waals surface area (Å²) in [6, 6.07) is 14.1. The lowest BCUT2D eigenvalue weighted by atomic mass is 9.71. The van der Waals surface area contributed by atoms with Gasteiger partial charge < -0.3 is 14.8 Å². The molecule has 5 nitrogen and oxygen atoms in total. The summed E-state index contributed by atoms with van der Waals surface area (Å²) in [5.74, 6) is -1.14. The van der Waals surface area contributed by atoms with Crippen molar-refractivity contribution in [3.05, 3.63) is 88.0 Å². The first-order valence-electron chi connectivity index (χ1n) is 12.3. The fourth-order valence-electron chi connectivity index (χ4n) is 5.77. The molecule has 2 atom stereocenters. The summed E-state index contributed by atoms with van der Waals surface area (Å²) in [6.07, 6.45) is 4.43. The largest absolute Gasteiger partial charge is 0.496 e. The van der Waals surface area contributed by atoms with Crippen LogP contribution in [0.25, 0.3) is 0 Å². The van der Waals surface area contributed by atoms with Crippen LogP contribution >= 0.6 is 0 Å². The SMILES string of the molecule is COc1ccccc1C1CC(=O)C2=C(C1)NC(C)=C(C(=O)OC1CCCC1)C2c1ccccc1F. The van der Waals surface area contributed by atoms with Crippen LogP contribution in [0.4, 0.5) is 4.39 Å². The van der Waals surface area contributed by atoms with Gasteiger partial charge in [-0.05, 0) is 56.7 Å². The molecule has 3 aliphatic rings. The lowest BCUT2D eigenvalue weighted by Gasteiger charge is -2.37. The third kappa shape index (κ3) is 4.38. The summed E-state index contributed by atoms with van der Waals surface area (Å²) in [5, 5.41) is 3.34. The molecular formula is C29H30FNO4. The van der Waals surface area contributed by atoms with Gasteiger partial charge in [0.2, 0.25) is 0 Å². The molecule has 182 valence electrons. The third-order valence-electron chi connectivity index (χ3n) is 7.42. The number of benzene rings is 2. The normalized spacial score (nSPS) is 22.7. The minimum atomic E-state index is -0.799. The van der Waals surface area contributed by atoms with E-state index >= 15 is 4.39 Å². The first kappa shape index (κ1) is 23.3. The lowest BCUT2D eigenvalue weighted by molar-refractivity contribution is -0.144. The Kier molecular flexibility index (Phi) is 6.46. The van der Waals surface area contributed by atoms with Crippen LogP contribution in [0.2, 0.25) is 0 Å². The Balaban J connectivity index is 1.56. The van der Waals surface area contributed by atoms with E-state index in [9.17, 15) is 9.59 Å². The maximum Gasteiger partial charge on any atom is 0.337 e. The van der Waals surface area contributed by atoms with Gasteiger partial charge in [-0.1, -0.05) is 36.4 Å². The van der Waals surface area contributed by atoms with Crippen LogP contribution in [0.5, 0.6) is 5.75 Å². The summed E-state index contributed by atoms with van der Waals surface area (Å²) in [6.45, 7) is 1.81. The van der Waals surface area contributed by atoms with Crippen molar-refractivity contribution in [2.24, 2.45) is 0 Å². The average Bonchev–Trinajstić information content (AvgIpc) is 3.36. The van der Waals surface area contributed by atoms with Crippen molar-refractivity contribution in [2.75, 3.05) is 7.11 Å². The van der Waals surface area contributed by atoms with E-state index in [2.05, 4.69) is 5.32 Å². The fourth-order valence-corrected chi connectivity index (χ4v) is 5.77. The molecule has 2 aliphatic carbocycles. The van der Waals surface area contributed by atoms with Gasteiger partial charge in [0.15, 0.2) is 5.78 Å². The standard InChI is InChI=1S/C29H30FNO4/c1-17-26(29(33)35-19-9-3-4-10-19)27(21-12-5-7-13-22(21)30)28-23(31-17)15-18(16-24(28)32)20-11-6-8-14-25(20)34-2/h5-8,11-14,18-19,27,31H,3-4,9-10,15-16H2,1-2H3. The highest BCUT2D eigenvalue weighted by Crippen LogP contribution is 2.47. The van der Waals surface area contributed by atoms with Gasteiger partial charge in [0, 0.05) is 34.9 Å². The van der Waals surface area contributed by atoms with Crippen molar-refractivity contribution in [3.63, 3.8) is 0 Å². The van der Waals surface area contributed by atoms with Gasteiger partial charge in [0.25, 0.3) is 0 Å². The number of halogens is 1. The number of allylic oxidation sites excluding steroid dienone is 3. The van der Waals surface area contributed by atoms with Crippen molar-refractivity contribution < 1.29 is 23.5 Å². The second-order valence-electron chi connectivity index (χ2n) is 9.59. The van der Waals surface area contributed by atoms with Crippen molar-refractivity contribution in [1.82, 2.24) is 5.32 Å². The van der Waals surface area contributed by atoms with Crippen LogP contribution in [0.1, 0.15) is 68.4 Å². The molecule has 1 heterocycles. The summed E-state index contributed by atoms with van der Waals surface area (Å²) < 4.78 is 26.5. The van der Waals surface area contributed by atoms with Gasteiger partial charge in [-0.3, -0.25) is 4.79 Å². The Morgan fingerprint density at radius 3 is 2.40 bits per heavy atom. The van der Waals surface area contributed by atoms with E-state index in [0.29, 0.717) is 28.8 Å². The molecular weight excluding hydrogens is 445 g/mol. The number of para-hydroxylation sites is 1. The van der Waals surface area contributed by atoms with Gasteiger partial charge in [0.1, 0.15) is 17.7 Å². The van der Waals surface area contributed by atoms with Crippen LogP contribution in [0, 0.1) is 5.82 Å². The van der Waals surface area contributed by atoms with Gasteiger partial charge in [0.05, 0.1) is 18.6 Å². The first-order valence-corrected chi connectivity index (χ1v) is 12.3. The number of ether oxygens (including phenoxy) is 2. The molecule has 2 unspecified atom stereocenters. The second-order valence-corrected chi connectivity index (χ2v) is 9.59. The number of dihydropyridines is 1. The first-order chi connectivity index (χ1) is 17.0. The van der Waals surface area contributed by atoms with Crippen LogP contribution in [0.15, 0.2) is 71.1 Å². The third-order valence-corrected chi connectivity index (χ3v) is 7.42. The zero-order chi connectivity index (χ0) is 24.5. The van der Waals surface area contributed by atoms with Crippen molar-refractivity contribution >= 4 is 11.8 Å². The van der Waals surface area contributed by atoms with Crippen LogP contribution < -0.4 is 10.1 Å². The van der Waals surface area contributed by atoms with E-state index in [0.717, 1.165) is 42.7 Å². The molecule has 0 amide bonds. The highest BCUT2D eigenvalue weighted by atomic mass is 19.1. The zero-order valence-corrected chi connectivity index (χ0v) is 20.1. The quantitative estimate of drug-likeness (QED) is 0.564. The van der Waals surface area contributed by atoms with Crippen LogP contribution in [-0.2, 0) is 14.3 Å². The van der Waals surface area contributed by atoms with Gasteiger partial charge >= 0.3 is 5.97 Å². The zero-order valence-electron chi connectivity index (χ0n) is 20.1. The molecule has 0 aromatic heterocycles. The van der Waals surface area contributed by atoms with Gasteiger partial charge in [-0.15, -0.1) is 0 Å². The van der Waals surface area contributed by atoms with E-state index in [1.54, 1.807) is 32.2 Å². The number of carbonyl (C=O) groups is 2. The summed E-state index contributed by atoms with van der Waals surface area (Å²) in [7, 11) is 1.62. The molecule has 6 heteroatoms. The van der Waals surface area contributed by atoms with E-state index in [1.807, 2.05) is 24.3 Å². The predicted molar refractivity (Wildman–Crippen MR) is 130 cm³/mol. The summed E-state index contributed by atoms with van der Waals surface area (Å²) in [5.41, 5.74) is 3.42. The Bertz CT molecular complexity index is 1220. The second kappa shape index (κ2) is 9.68. The number of hydrogen-bond acceptors (Lipinski definition) is 5. The number of nitrogens with one attached hydrogen (secondary N) is 1. The molecule has 5 rings (SSSR count). The van der Waals surface area contributed by atoms with Crippen LogP contribution in [-0.4, -0.2) is 25.0 Å². The maximum atomic E-state index is 15.1. The average molecular weight is 476 g/mol. The van der Waals surface area contributed by atoms with E-state index < -0.39 is 17.7 Å². The van der Waals surface area contributed by atoms with Gasteiger partial charge in [-0.25, -0.2) is 9.18 Å². The molecule has 0 spiro atoms. The lowest BCUT2D eigenvalue weighted by Crippen LogP contribution is -2.37. The number of Topliss-reactive ketones (excluding diaryl/α,β-unsaturated/α-hetero) is 1. The number of carbonyl (C=O) groups excluding carboxylic acids is 2. The van der Waals surface area contributed by atoms with Crippen molar-refractivity contribution in [3.8, 4) is 5.75 Å². The molecule has 0 bridgehead atoms. The molecule has 1 N–H and O–H groups in total. The summed E-state index contributed by atoms with van der Waals surface area (Å²) >= 11 is 0. The van der Waals surface area contributed by atoms with E-state index in [4.69, 9.17) is 9.47 Å². The number of esters is 1. The molecule has 0 saturated heterocycles. The Hall–Kier alpha value is -3.41. The molecule has 0 radical (unpaired) electrons. The molecule has 1 fully saturated rings. The molecule has 2 aromatic carbocycles. The maximum absolute atomic E-state index is 15.1. The minimum absolute atomic E-state index is 0.0778. The topological polar surface area (TPSA) is 64.6 Å². The van der Waals surface area contributed by atoms with E-state index in [1.165, 1.54) is 6.07 Å². The number of methoxy groups -OCH3 is 1. The number of hydrogen-bond donors (Lipinski definition) is 1. The highest BCUT2D eigenvalue weighted by molar-refractivity contribution is 6.04. The Morgan fingerprint density at radius 2 is 1.69 bits per heavy atom. The van der Waals surface area contributed by atoms with Crippen molar-refractivity contribution in [2.45, 2.75) is 63.4 Å². The number of rotatable bonds is 5. The van der Waals surface area contributed by atoms with Gasteiger partial charge in [-0.2, -0.15) is 0 Å².